The Bertz CT molecular complexity index is 2050. The summed E-state index contributed by atoms with van der Waals surface area (Å²) in [6, 6.07) is 9.50. The van der Waals surface area contributed by atoms with Gasteiger partial charge in [0.2, 0.25) is 29.5 Å². The molecule has 3 heterocycles. The molecular formula is C47H64N8O7. The lowest BCUT2D eigenvalue weighted by Gasteiger charge is -2.37. The second-order valence-electron chi connectivity index (χ2n) is 17.3. The SMILES string of the molecule is CCCC[C@@H]1NC(=O)[C@H](Cc2c[nH]c3ccccc23)NC(=O)[C@H](CC2CCCCC2)NC(=O)[C@@H]2CCCN2C(=O)[C@H](CCCN)N(C(=O)[C@H](Cc2ccccc2)NC(C)=O)C1=O. The molecule has 7 N–H and O–H groups in total. The molecule has 7 amide bonds. The highest BCUT2D eigenvalue weighted by molar-refractivity contribution is 6.07. The first-order chi connectivity index (χ1) is 30.0. The predicted molar refractivity (Wildman–Crippen MR) is 235 cm³/mol. The Balaban J connectivity index is 1.47. The van der Waals surface area contributed by atoms with Crippen molar-refractivity contribution < 1.29 is 33.6 Å². The van der Waals surface area contributed by atoms with E-state index in [9.17, 15) is 19.2 Å². The molecule has 3 aromatic rings. The highest BCUT2D eigenvalue weighted by Gasteiger charge is 2.46. The average Bonchev–Trinajstić information content (AvgIpc) is 3.93. The van der Waals surface area contributed by atoms with Gasteiger partial charge in [-0.15, -0.1) is 0 Å². The van der Waals surface area contributed by atoms with Crippen LogP contribution in [0.4, 0.5) is 0 Å². The monoisotopic (exact) mass is 852 g/mol. The Morgan fingerprint density at radius 2 is 1.48 bits per heavy atom. The van der Waals surface area contributed by atoms with Crippen molar-refractivity contribution in [2.24, 2.45) is 11.7 Å². The van der Waals surface area contributed by atoms with Gasteiger partial charge in [-0.25, -0.2) is 0 Å². The van der Waals surface area contributed by atoms with Crippen molar-refractivity contribution in [3.63, 3.8) is 0 Å². The van der Waals surface area contributed by atoms with Gasteiger partial charge in [0.1, 0.15) is 36.3 Å². The molecule has 6 rings (SSSR count). The molecule has 6 atom stereocenters. The third kappa shape index (κ3) is 11.5. The van der Waals surface area contributed by atoms with Gasteiger partial charge in [0.05, 0.1) is 0 Å². The number of fused-ring (bicyclic) bond motifs is 2. The molecule has 3 fully saturated rings. The third-order valence-corrected chi connectivity index (χ3v) is 12.7. The molecule has 1 aliphatic carbocycles. The van der Waals surface area contributed by atoms with Crippen LogP contribution in [0.15, 0.2) is 60.8 Å². The zero-order valence-electron chi connectivity index (χ0n) is 36.2. The molecule has 0 bridgehead atoms. The van der Waals surface area contributed by atoms with Crippen LogP contribution in [0, 0.1) is 5.92 Å². The molecule has 62 heavy (non-hydrogen) atoms. The summed E-state index contributed by atoms with van der Waals surface area (Å²) in [5.74, 6) is -4.28. The standard InChI is InChI=1S/C47H64N8O7/c1-3-4-20-36-45(60)55(46(61)39(50-30(2)56)27-32-17-9-6-10-18-32)41(22-13-24-48)47(62)54-25-14-23-40(54)44(59)53-37(26-31-15-7-5-8-16-31)42(57)52-38(43(58)51-36)28-33-29-49-35-21-12-11-19-34(33)35/h6,9-12,17-19,21,29,31,36-41,49H,3-5,7-8,13-16,20,22-28,48H2,1-2H3,(H,50,56)(H,51,58)(H,52,57)(H,53,59)/t36-,37-,38-,39-,40-,41-/m0/s1. The van der Waals surface area contributed by atoms with E-state index in [1.54, 1.807) is 30.5 Å². The summed E-state index contributed by atoms with van der Waals surface area (Å²) in [6.07, 6.45) is 9.46. The number of H-pyrrole nitrogens is 1. The summed E-state index contributed by atoms with van der Waals surface area (Å²) < 4.78 is 0. The maximum atomic E-state index is 15.3. The maximum absolute atomic E-state index is 15.3. The van der Waals surface area contributed by atoms with E-state index in [-0.39, 0.29) is 51.1 Å². The van der Waals surface area contributed by atoms with Gasteiger partial charge in [-0.3, -0.25) is 38.5 Å². The quantitative estimate of drug-likeness (QED) is 0.141. The van der Waals surface area contributed by atoms with Crippen molar-refractivity contribution in [2.75, 3.05) is 13.1 Å². The molecule has 1 aromatic heterocycles. The van der Waals surface area contributed by atoms with E-state index in [0.29, 0.717) is 37.7 Å². The smallest absolute Gasteiger partial charge is 0.252 e. The fourth-order valence-corrected chi connectivity index (χ4v) is 9.41. The summed E-state index contributed by atoms with van der Waals surface area (Å²) in [6.45, 7) is 3.54. The van der Waals surface area contributed by atoms with Crippen LogP contribution in [-0.4, -0.2) is 105 Å². The van der Waals surface area contributed by atoms with Gasteiger partial charge in [0, 0.05) is 43.4 Å². The summed E-state index contributed by atoms with van der Waals surface area (Å²) >= 11 is 0. The number of nitrogens with two attached hydrogens (primary N) is 1. The van der Waals surface area contributed by atoms with E-state index in [4.69, 9.17) is 5.73 Å². The van der Waals surface area contributed by atoms with Crippen molar-refractivity contribution in [3.05, 3.63) is 71.9 Å². The summed E-state index contributed by atoms with van der Waals surface area (Å²) in [5.41, 5.74) is 8.33. The minimum atomic E-state index is -1.41. The summed E-state index contributed by atoms with van der Waals surface area (Å²) in [5, 5.41) is 12.5. The number of nitrogens with one attached hydrogen (secondary N) is 5. The number of rotatable bonds is 14. The van der Waals surface area contributed by atoms with Gasteiger partial charge in [-0.05, 0) is 68.2 Å². The van der Waals surface area contributed by atoms with Crippen LogP contribution in [0.2, 0.25) is 0 Å². The fourth-order valence-electron chi connectivity index (χ4n) is 9.41. The largest absolute Gasteiger partial charge is 0.361 e. The molecule has 0 unspecified atom stereocenters. The number of carbonyl (C=O) groups excluding carboxylic acids is 7. The molecule has 0 radical (unpaired) electrons. The summed E-state index contributed by atoms with van der Waals surface area (Å²) in [7, 11) is 0. The van der Waals surface area contributed by atoms with Crippen LogP contribution < -0.4 is 27.0 Å². The number of aromatic nitrogens is 1. The first kappa shape index (κ1) is 45.9. The van der Waals surface area contributed by atoms with Crippen molar-refractivity contribution in [3.8, 4) is 0 Å². The highest BCUT2D eigenvalue weighted by Crippen LogP contribution is 2.29. The van der Waals surface area contributed by atoms with Gasteiger partial charge in [-0.2, -0.15) is 0 Å². The van der Waals surface area contributed by atoms with Crippen molar-refractivity contribution >= 4 is 52.3 Å². The minimum Gasteiger partial charge on any atom is -0.361 e. The second-order valence-corrected chi connectivity index (χ2v) is 17.3. The predicted octanol–water partition coefficient (Wildman–Crippen LogP) is 3.54. The van der Waals surface area contributed by atoms with Crippen molar-refractivity contribution in [1.29, 1.82) is 0 Å². The number of amides is 7. The highest BCUT2D eigenvalue weighted by atomic mass is 16.2. The molecule has 15 nitrogen and oxygen atoms in total. The first-order valence-electron chi connectivity index (χ1n) is 22.6. The third-order valence-electron chi connectivity index (χ3n) is 12.7. The number of hydrogen-bond donors (Lipinski definition) is 6. The van der Waals surface area contributed by atoms with Gasteiger partial charge in [0.15, 0.2) is 0 Å². The lowest BCUT2D eigenvalue weighted by atomic mass is 9.84. The number of nitrogens with zero attached hydrogens (tertiary/aromatic N) is 2. The Labute approximate surface area is 364 Å². The molecule has 2 aromatic carbocycles. The minimum absolute atomic E-state index is 0.0161. The van der Waals surface area contributed by atoms with Crippen LogP contribution in [0.1, 0.15) is 108 Å². The molecule has 15 heteroatoms. The number of unbranched alkanes of at least 4 members (excludes halogenated alkanes) is 1. The Morgan fingerprint density at radius 3 is 2.21 bits per heavy atom. The van der Waals surface area contributed by atoms with E-state index >= 15 is 14.4 Å². The van der Waals surface area contributed by atoms with E-state index in [0.717, 1.165) is 53.5 Å². The van der Waals surface area contributed by atoms with Crippen molar-refractivity contribution in [2.45, 2.75) is 146 Å². The number of benzene rings is 2. The molecule has 3 aliphatic rings. The van der Waals surface area contributed by atoms with E-state index < -0.39 is 77.6 Å². The first-order valence-corrected chi connectivity index (χ1v) is 22.6. The van der Waals surface area contributed by atoms with Gasteiger partial charge >= 0.3 is 0 Å². The van der Waals surface area contributed by atoms with Crippen LogP contribution >= 0.6 is 0 Å². The fraction of sp³-hybridized carbons (Fsp3) is 0.553. The van der Waals surface area contributed by atoms with Gasteiger partial charge < -0.3 is 36.9 Å². The van der Waals surface area contributed by atoms with E-state index in [2.05, 4.69) is 26.3 Å². The molecule has 334 valence electrons. The zero-order valence-corrected chi connectivity index (χ0v) is 36.2. The molecule has 2 saturated heterocycles. The number of carbonyl (C=O) groups is 7. The molecular weight excluding hydrogens is 789 g/mol. The van der Waals surface area contributed by atoms with Gasteiger partial charge in [0.25, 0.3) is 11.8 Å². The van der Waals surface area contributed by atoms with Crippen LogP contribution in [-0.2, 0) is 46.4 Å². The van der Waals surface area contributed by atoms with Gasteiger partial charge in [-0.1, -0.05) is 100 Å². The Hall–Kier alpha value is -5.57. The lowest BCUT2D eigenvalue weighted by molar-refractivity contribution is -0.159. The number of imide groups is 1. The van der Waals surface area contributed by atoms with Crippen LogP contribution in [0.5, 0.6) is 0 Å². The van der Waals surface area contributed by atoms with E-state index in [1.165, 1.54) is 11.8 Å². The second kappa shape index (κ2) is 22.0. The van der Waals surface area contributed by atoms with Crippen LogP contribution in [0.25, 0.3) is 10.9 Å². The number of para-hydroxylation sites is 1. The topological polar surface area (TPSA) is 216 Å². The lowest BCUT2D eigenvalue weighted by Crippen LogP contribution is -2.63. The van der Waals surface area contributed by atoms with Crippen LogP contribution in [0.3, 0.4) is 0 Å². The molecule has 1 saturated carbocycles. The average molecular weight is 853 g/mol. The Morgan fingerprint density at radius 1 is 0.790 bits per heavy atom. The zero-order chi connectivity index (χ0) is 44.2. The summed E-state index contributed by atoms with van der Waals surface area (Å²) in [4.78, 5) is 108. The Kier molecular flexibility index (Phi) is 16.3. The molecule has 0 spiro atoms. The van der Waals surface area contributed by atoms with Crippen molar-refractivity contribution in [1.82, 2.24) is 36.1 Å². The number of aromatic amines is 1. The molecule has 2 aliphatic heterocycles. The normalized spacial score (nSPS) is 23.8. The number of hydrogen-bond acceptors (Lipinski definition) is 8. The van der Waals surface area contributed by atoms with E-state index in [1.807, 2.05) is 37.3 Å². The maximum Gasteiger partial charge on any atom is 0.252 e.